The summed E-state index contributed by atoms with van der Waals surface area (Å²) in [5.41, 5.74) is 3.23. The molecule has 0 spiro atoms. The number of ketones is 1. The molecule has 4 rings (SSSR count). The summed E-state index contributed by atoms with van der Waals surface area (Å²) in [6.07, 6.45) is 2.04. The highest BCUT2D eigenvalue weighted by Crippen LogP contribution is 2.31. The number of rotatable bonds is 2. The predicted octanol–water partition coefficient (Wildman–Crippen LogP) is 4.66. The van der Waals surface area contributed by atoms with Crippen LogP contribution in [0.4, 0.5) is 10.1 Å². The van der Waals surface area contributed by atoms with Crippen LogP contribution in [0.25, 0.3) is 6.08 Å². The molecule has 1 aliphatic rings. The Bertz CT molecular complexity index is 1230. The lowest BCUT2D eigenvalue weighted by Crippen LogP contribution is -2.36. The number of carbonyl (C=O) groups is 2. The van der Waals surface area contributed by atoms with Gasteiger partial charge < -0.3 is 4.90 Å². The minimum atomic E-state index is -0.426. The minimum Gasteiger partial charge on any atom is -0.311 e. The van der Waals surface area contributed by atoms with Crippen molar-refractivity contribution in [2.24, 2.45) is 0 Å². The number of benzene rings is 3. The van der Waals surface area contributed by atoms with Gasteiger partial charge in [-0.2, -0.15) is 0 Å². The molecule has 0 N–H and O–H groups in total. The normalized spacial score (nSPS) is 14.3. The Morgan fingerprint density at radius 2 is 1.77 bits per heavy atom. The van der Waals surface area contributed by atoms with E-state index in [4.69, 9.17) is 0 Å². The third-order valence-electron chi connectivity index (χ3n) is 4.91. The first-order chi connectivity index (χ1) is 14.5. The summed E-state index contributed by atoms with van der Waals surface area (Å²) in [4.78, 5) is 27.2. The van der Waals surface area contributed by atoms with Crippen LogP contribution in [0.5, 0.6) is 0 Å². The van der Waals surface area contributed by atoms with Crippen molar-refractivity contribution in [1.29, 1.82) is 0 Å². The maximum absolute atomic E-state index is 13.5. The number of carbonyl (C=O) groups excluding carboxylic acids is 2. The molecule has 146 valence electrons. The van der Waals surface area contributed by atoms with Crippen LogP contribution in [0.2, 0.25) is 0 Å². The van der Waals surface area contributed by atoms with E-state index in [0.717, 1.165) is 5.56 Å². The van der Waals surface area contributed by atoms with E-state index in [9.17, 15) is 14.0 Å². The first-order valence-electron chi connectivity index (χ1n) is 9.50. The van der Waals surface area contributed by atoms with E-state index in [1.54, 1.807) is 31.3 Å². The largest absolute Gasteiger partial charge is 0.311 e. The fourth-order valence-corrected chi connectivity index (χ4v) is 3.35. The van der Waals surface area contributed by atoms with Crippen molar-refractivity contribution in [3.05, 3.63) is 106 Å². The van der Waals surface area contributed by atoms with Gasteiger partial charge in [0.1, 0.15) is 5.82 Å². The zero-order valence-corrected chi connectivity index (χ0v) is 16.4. The second-order valence-corrected chi connectivity index (χ2v) is 7.00. The van der Waals surface area contributed by atoms with Gasteiger partial charge in [0.2, 0.25) is 5.78 Å². The molecule has 3 aromatic carbocycles. The monoisotopic (exact) mass is 395 g/mol. The molecule has 0 radical (unpaired) electrons. The van der Waals surface area contributed by atoms with Crippen LogP contribution in [-0.2, 0) is 11.2 Å². The van der Waals surface area contributed by atoms with E-state index >= 15 is 0 Å². The highest BCUT2D eigenvalue weighted by atomic mass is 19.1. The number of Topliss-reactive ketones (excluding diaryl/α,β-unsaturated/α-hetero) is 1. The van der Waals surface area contributed by atoms with Gasteiger partial charge in [0.15, 0.2) is 0 Å². The summed E-state index contributed by atoms with van der Waals surface area (Å²) in [5.74, 6) is 4.98. The molecule has 0 unspecified atom stereocenters. The zero-order valence-electron chi connectivity index (χ0n) is 16.4. The SMILES string of the molecule is CN1C(=O)/C(=C\c2cccc(F)c2)C(=O)c2cc(C#CCc3ccccc3)ccc21. The summed E-state index contributed by atoms with van der Waals surface area (Å²) >= 11 is 0. The molecule has 30 heavy (non-hydrogen) atoms. The molecule has 4 heteroatoms. The van der Waals surface area contributed by atoms with Crippen molar-refractivity contribution in [2.45, 2.75) is 6.42 Å². The van der Waals surface area contributed by atoms with Crippen LogP contribution in [0.3, 0.4) is 0 Å². The molecule has 0 saturated carbocycles. The Kier molecular flexibility index (Phi) is 5.28. The second kappa shape index (κ2) is 8.18. The molecule has 0 aliphatic carbocycles. The molecular weight excluding hydrogens is 377 g/mol. The molecule has 0 saturated heterocycles. The summed E-state index contributed by atoms with van der Waals surface area (Å²) in [5, 5.41) is 0. The molecule has 3 nitrogen and oxygen atoms in total. The summed E-state index contributed by atoms with van der Waals surface area (Å²) in [6, 6.07) is 20.9. The summed E-state index contributed by atoms with van der Waals surface area (Å²) in [6.45, 7) is 0. The number of hydrogen-bond donors (Lipinski definition) is 0. The van der Waals surface area contributed by atoms with Crippen LogP contribution >= 0.6 is 0 Å². The maximum atomic E-state index is 13.5. The summed E-state index contributed by atoms with van der Waals surface area (Å²) < 4.78 is 13.5. The lowest BCUT2D eigenvalue weighted by atomic mass is 9.92. The molecule has 0 bridgehead atoms. The van der Waals surface area contributed by atoms with E-state index in [1.807, 2.05) is 30.3 Å². The number of likely N-dealkylation sites (N-methyl/N-ethyl adjacent to an activating group) is 1. The van der Waals surface area contributed by atoms with Crippen LogP contribution in [-0.4, -0.2) is 18.7 Å². The predicted molar refractivity (Wildman–Crippen MR) is 116 cm³/mol. The average Bonchev–Trinajstić information content (AvgIpc) is 2.76. The number of nitrogens with zero attached hydrogens (tertiary/aromatic N) is 1. The lowest BCUT2D eigenvalue weighted by Gasteiger charge is -2.26. The van der Waals surface area contributed by atoms with Crippen molar-refractivity contribution < 1.29 is 14.0 Å². The third-order valence-corrected chi connectivity index (χ3v) is 4.91. The topological polar surface area (TPSA) is 37.4 Å². The van der Waals surface area contributed by atoms with Gasteiger partial charge in [-0.3, -0.25) is 9.59 Å². The van der Waals surface area contributed by atoms with E-state index in [0.29, 0.717) is 28.8 Å². The smallest absolute Gasteiger partial charge is 0.262 e. The summed E-state index contributed by atoms with van der Waals surface area (Å²) in [7, 11) is 1.62. The van der Waals surface area contributed by atoms with E-state index < -0.39 is 11.7 Å². The van der Waals surface area contributed by atoms with Gasteiger partial charge in [-0.1, -0.05) is 54.3 Å². The van der Waals surface area contributed by atoms with Gasteiger partial charge in [0.05, 0.1) is 11.3 Å². The minimum absolute atomic E-state index is 0.00462. The lowest BCUT2D eigenvalue weighted by molar-refractivity contribution is -0.114. The Balaban J connectivity index is 1.67. The second-order valence-electron chi connectivity index (χ2n) is 7.00. The van der Waals surface area contributed by atoms with Crippen molar-refractivity contribution >= 4 is 23.5 Å². The first-order valence-corrected chi connectivity index (χ1v) is 9.50. The molecule has 0 aromatic heterocycles. The van der Waals surface area contributed by atoms with Crippen molar-refractivity contribution in [2.75, 3.05) is 11.9 Å². The average molecular weight is 395 g/mol. The number of anilines is 1. The number of amides is 1. The number of hydrogen-bond acceptors (Lipinski definition) is 2. The van der Waals surface area contributed by atoms with Crippen LogP contribution in [0, 0.1) is 17.7 Å². The van der Waals surface area contributed by atoms with Crippen molar-refractivity contribution in [3.8, 4) is 11.8 Å². The van der Waals surface area contributed by atoms with E-state index in [2.05, 4.69) is 11.8 Å². The third kappa shape index (κ3) is 3.92. The standard InChI is InChI=1S/C26H18FNO2/c1-28-24-14-13-19(10-5-9-18-7-3-2-4-8-18)16-22(24)25(29)23(26(28)30)17-20-11-6-12-21(27)15-20/h2-4,6-8,11-17H,9H2,1H3/b23-17-. The number of fused-ring (bicyclic) bond motifs is 1. The molecule has 1 aliphatic heterocycles. The van der Waals surface area contributed by atoms with Crippen molar-refractivity contribution in [1.82, 2.24) is 0 Å². The van der Waals surface area contributed by atoms with Crippen molar-refractivity contribution in [3.63, 3.8) is 0 Å². The van der Waals surface area contributed by atoms with Gasteiger partial charge in [0, 0.05) is 24.6 Å². The van der Waals surface area contributed by atoms with E-state index in [-0.39, 0.29) is 11.4 Å². The zero-order chi connectivity index (χ0) is 21.1. The fourth-order valence-electron chi connectivity index (χ4n) is 3.35. The Labute approximate surface area is 174 Å². The Morgan fingerprint density at radius 3 is 2.53 bits per heavy atom. The molecule has 1 heterocycles. The highest BCUT2D eigenvalue weighted by Gasteiger charge is 2.32. The van der Waals surface area contributed by atoms with Gasteiger partial charge in [0.25, 0.3) is 5.91 Å². The molecule has 0 fully saturated rings. The molecule has 3 aromatic rings. The Hall–Kier alpha value is -3.97. The van der Waals surface area contributed by atoms with Crippen LogP contribution in [0.1, 0.15) is 27.0 Å². The molecule has 0 atom stereocenters. The molecule has 1 amide bonds. The highest BCUT2D eigenvalue weighted by molar-refractivity contribution is 6.36. The van der Waals surface area contributed by atoms with Crippen LogP contribution < -0.4 is 4.90 Å². The maximum Gasteiger partial charge on any atom is 0.262 e. The van der Waals surface area contributed by atoms with Gasteiger partial charge in [-0.05, 0) is 47.5 Å². The van der Waals surface area contributed by atoms with Gasteiger partial charge in [-0.15, -0.1) is 0 Å². The Morgan fingerprint density at radius 1 is 0.967 bits per heavy atom. The number of halogens is 1. The van der Waals surface area contributed by atoms with E-state index in [1.165, 1.54) is 29.2 Å². The fraction of sp³-hybridized carbons (Fsp3) is 0.0769. The van der Waals surface area contributed by atoms with Gasteiger partial charge >= 0.3 is 0 Å². The van der Waals surface area contributed by atoms with Crippen LogP contribution in [0.15, 0.2) is 78.4 Å². The van der Waals surface area contributed by atoms with Gasteiger partial charge in [-0.25, -0.2) is 4.39 Å². The molecular formula is C26H18FNO2. The first kappa shape index (κ1) is 19.4. The quantitative estimate of drug-likeness (QED) is 0.359.